The normalized spacial score (nSPS) is 16.1. The highest BCUT2D eigenvalue weighted by Gasteiger charge is 2.20. The molecule has 0 amide bonds. The summed E-state index contributed by atoms with van der Waals surface area (Å²) in [7, 11) is 2.94. The van der Waals surface area contributed by atoms with E-state index in [1.807, 2.05) is 0 Å². The van der Waals surface area contributed by atoms with E-state index in [4.69, 9.17) is 52.1 Å². The molecule has 7 atom stereocenters. The zero-order valence-electron chi connectivity index (χ0n) is 28.0. The number of hydrogen-bond donors (Lipinski definition) is 4. The van der Waals surface area contributed by atoms with Crippen LogP contribution in [0.15, 0.2) is 0 Å². The number of rotatable bonds is 38. The average Bonchev–Trinajstić information content (AvgIpc) is 3.08. The van der Waals surface area contributed by atoms with Crippen LogP contribution in [-0.2, 0) is 66.5 Å². The standard InChI is InChI=1S/C30H56O18/c1-38-13-24(36)16-46-26(11-34)3-7-40-19-29(45-10-6-33)22-48-30(21-42-15-25(37)14-41-8-4-31)23-47-28(17-39-2)20-43-18-27(12-35)44-9-5-32/h4-6,24-30,34-37H,3,7-23H2,1-2H3. The quantitative estimate of drug-likeness (QED) is 0.0370. The van der Waals surface area contributed by atoms with E-state index in [1.54, 1.807) is 0 Å². The highest BCUT2D eigenvalue weighted by atomic mass is 16.6. The van der Waals surface area contributed by atoms with Crippen LogP contribution in [0.2, 0.25) is 0 Å². The molecule has 0 saturated heterocycles. The third-order valence-corrected chi connectivity index (χ3v) is 6.08. The largest absolute Gasteiger partial charge is 0.394 e. The molecule has 0 heterocycles. The van der Waals surface area contributed by atoms with E-state index >= 15 is 0 Å². The Morgan fingerprint density at radius 1 is 0.458 bits per heavy atom. The second kappa shape index (κ2) is 33.9. The Balaban J connectivity index is 5.12. The van der Waals surface area contributed by atoms with Crippen LogP contribution in [0.1, 0.15) is 6.42 Å². The Morgan fingerprint density at radius 2 is 0.917 bits per heavy atom. The van der Waals surface area contributed by atoms with Gasteiger partial charge >= 0.3 is 0 Å². The molecule has 0 aliphatic carbocycles. The van der Waals surface area contributed by atoms with Crippen molar-refractivity contribution < 1.29 is 86.9 Å². The predicted molar refractivity (Wildman–Crippen MR) is 165 cm³/mol. The molecule has 0 aliphatic heterocycles. The summed E-state index contributed by atoms with van der Waals surface area (Å²) in [5.74, 6) is 0. The molecule has 0 rings (SSSR count). The van der Waals surface area contributed by atoms with E-state index in [9.17, 15) is 34.8 Å². The summed E-state index contributed by atoms with van der Waals surface area (Å²) in [6.45, 7) is -0.889. The van der Waals surface area contributed by atoms with Gasteiger partial charge in [-0.1, -0.05) is 0 Å². The molecule has 284 valence electrons. The van der Waals surface area contributed by atoms with Gasteiger partial charge in [0, 0.05) is 20.8 Å². The average molecular weight is 705 g/mol. The van der Waals surface area contributed by atoms with Crippen LogP contribution in [0, 0.1) is 0 Å². The van der Waals surface area contributed by atoms with Gasteiger partial charge in [0.2, 0.25) is 0 Å². The molecule has 0 aliphatic rings. The van der Waals surface area contributed by atoms with Gasteiger partial charge in [0.25, 0.3) is 0 Å². The Hall–Kier alpha value is -1.59. The Labute approximate surface area is 281 Å². The van der Waals surface area contributed by atoms with E-state index in [-0.39, 0.29) is 112 Å². The molecule has 18 nitrogen and oxygen atoms in total. The first-order chi connectivity index (χ1) is 23.4. The SMILES string of the molecule is COCC(O)COC(CO)CCOCC(COC(COCC(O)COCC=O)COC(COC)COCC(CO)OCC=O)OCC=O. The lowest BCUT2D eigenvalue weighted by atomic mass is 10.2. The molecule has 0 fully saturated rings. The van der Waals surface area contributed by atoms with Crippen LogP contribution in [0.3, 0.4) is 0 Å². The molecule has 4 N–H and O–H groups in total. The topological polar surface area (TPSA) is 234 Å². The number of aliphatic hydroxyl groups is 4. The fraction of sp³-hybridized carbons (Fsp3) is 0.900. The highest BCUT2D eigenvalue weighted by molar-refractivity contribution is 5.51. The minimum atomic E-state index is -0.992. The fourth-order valence-electron chi connectivity index (χ4n) is 3.72. The van der Waals surface area contributed by atoms with Gasteiger partial charge in [-0.25, -0.2) is 0 Å². The van der Waals surface area contributed by atoms with Crippen molar-refractivity contribution in [2.75, 3.05) is 127 Å². The maximum atomic E-state index is 11.0. The number of carbonyl (C=O) groups is 3. The van der Waals surface area contributed by atoms with Crippen LogP contribution in [0.5, 0.6) is 0 Å². The van der Waals surface area contributed by atoms with Crippen LogP contribution < -0.4 is 0 Å². The summed E-state index contributed by atoms with van der Waals surface area (Å²) in [6, 6.07) is 0. The van der Waals surface area contributed by atoms with Crippen molar-refractivity contribution in [1.82, 2.24) is 0 Å². The van der Waals surface area contributed by atoms with Gasteiger partial charge in [0.05, 0.1) is 92.0 Å². The van der Waals surface area contributed by atoms with Crippen molar-refractivity contribution in [1.29, 1.82) is 0 Å². The number of aliphatic hydroxyl groups excluding tert-OH is 4. The van der Waals surface area contributed by atoms with Crippen LogP contribution in [0.4, 0.5) is 0 Å². The molecule has 7 unspecified atom stereocenters. The zero-order valence-corrected chi connectivity index (χ0v) is 28.0. The Bertz CT molecular complexity index is 734. The van der Waals surface area contributed by atoms with Crippen molar-refractivity contribution in [3.63, 3.8) is 0 Å². The van der Waals surface area contributed by atoms with E-state index in [0.717, 1.165) is 0 Å². The van der Waals surface area contributed by atoms with Crippen LogP contribution in [-0.4, -0.2) is 209 Å². The van der Waals surface area contributed by atoms with Gasteiger partial charge in [0.1, 0.15) is 75.3 Å². The fourth-order valence-corrected chi connectivity index (χ4v) is 3.72. The lowest BCUT2D eigenvalue weighted by Crippen LogP contribution is -2.37. The third kappa shape index (κ3) is 27.3. The molecular formula is C30H56O18. The number of aldehydes is 3. The van der Waals surface area contributed by atoms with Gasteiger partial charge in [-0.2, -0.15) is 0 Å². The molecule has 0 aromatic rings. The van der Waals surface area contributed by atoms with Crippen molar-refractivity contribution >= 4 is 18.9 Å². The first-order valence-electron chi connectivity index (χ1n) is 15.6. The second-order valence-corrected chi connectivity index (χ2v) is 10.3. The lowest BCUT2D eigenvalue weighted by Gasteiger charge is -2.25. The smallest absolute Gasteiger partial charge is 0.145 e. The third-order valence-electron chi connectivity index (χ3n) is 6.08. The molecule has 0 aromatic carbocycles. The van der Waals surface area contributed by atoms with Gasteiger partial charge in [-0.05, 0) is 6.42 Å². The Kier molecular flexibility index (Phi) is 32.8. The number of ether oxygens (including phenoxy) is 11. The number of carbonyl (C=O) groups excluding carboxylic acids is 3. The second-order valence-electron chi connectivity index (χ2n) is 10.3. The van der Waals surface area contributed by atoms with Crippen LogP contribution >= 0.6 is 0 Å². The summed E-state index contributed by atoms with van der Waals surface area (Å²) < 4.78 is 60.1. The van der Waals surface area contributed by atoms with E-state index < -0.39 is 42.7 Å². The molecule has 48 heavy (non-hydrogen) atoms. The Morgan fingerprint density at radius 3 is 1.50 bits per heavy atom. The molecule has 0 bridgehead atoms. The van der Waals surface area contributed by atoms with Crippen LogP contribution in [0.25, 0.3) is 0 Å². The van der Waals surface area contributed by atoms with Gasteiger partial charge in [-0.15, -0.1) is 0 Å². The van der Waals surface area contributed by atoms with E-state index in [0.29, 0.717) is 25.3 Å². The van der Waals surface area contributed by atoms with Crippen molar-refractivity contribution in [3.8, 4) is 0 Å². The maximum absolute atomic E-state index is 11.0. The molecule has 0 saturated carbocycles. The first-order valence-corrected chi connectivity index (χ1v) is 15.6. The molecule has 0 aromatic heterocycles. The first kappa shape index (κ1) is 46.4. The summed E-state index contributed by atoms with van der Waals surface area (Å²) in [4.78, 5) is 31.9. The summed E-state index contributed by atoms with van der Waals surface area (Å²) in [5.41, 5.74) is 0. The van der Waals surface area contributed by atoms with Gasteiger partial charge in [0.15, 0.2) is 0 Å². The summed E-state index contributed by atoms with van der Waals surface area (Å²) in [6.07, 6.45) is -2.94. The molecule has 0 radical (unpaired) electrons. The molecule has 0 spiro atoms. The van der Waals surface area contributed by atoms with Gasteiger partial charge in [-0.3, -0.25) is 0 Å². The monoisotopic (exact) mass is 704 g/mol. The van der Waals surface area contributed by atoms with E-state index in [1.165, 1.54) is 14.2 Å². The molecule has 18 heteroatoms. The molecular weight excluding hydrogens is 648 g/mol. The highest BCUT2D eigenvalue weighted by Crippen LogP contribution is 2.07. The maximum Gasteiger partial charge on any atom is 0.145 e. The minimum absolute atomic E-state index is 0.00804. The van der Waals surface area contributed by atoms with Gasteiger partial charge < -0.3 is 86.9 Å². The van der Waals surface area contributed by atoms with Crippen molar-refractivity contribution in [2.45, 2.75) is 49.1 Å². The lowest BCUT2D eigenvalue weighted by molar-refractivity contribution is -0.140. The summed E-state index contributed by atoms with van der Waals surface area (Å²) >= 11 is 0. The number of methoxy groups -OCH3 is 2. The van der Waals surface area contributed by atoms with Crippen molar-refractivity contribution in [3.05, 3.63) is 0 Å². The predicted octanol–water partition coefficient (Wildman–Crippen LogP) is -3.04. The summed E-state index contributed by atoms with van der Waals surface area (Å²) in [5, 5.41) is 38.7. The number of hydrogen-bond acceptors (Lipinski definition) is 18. The zero-order chi connectivity index (χ0) is 35.7. The van der Waals surface area contributed by atoms with Crippen molar-refractivity contribution in [2.24, 2.45) is 0 Å². The van der Waals surface area contributed by atoms with E-state index in [2.05, 4.69) is 0 Å². The minimum Gasteiger partial charge on any atom is -0.394 e.